The predicted molar refractivity (Wildman–Crippen MR) is 103 cm³/mol. The van der Waals surface area contributed by atoms with E-state index in [-0.39, 0.29) is 12.1 Å². The van der Waals surface area contributed by atoms with Gasteiger partial charge in [-0.3, -0.25) is 10.3 Å². The Morgan fingerprint density at radius 3 is 2.69 bits per heavy atom. The lowest BCUT2D eigenvalue weighted by Crippen LogP contribution is -2.31. The molecule has 26 heavy (non-hydrogen) atoms. The molecule has 3 aromatic rings. The third-order valence-corrected chi connectivity index (χ3v) is 4.54. The van der Waals surface area contributed by atoms with Crippen molar-refractivity contribution in [3.8, 4) is 11.5 Å². The Labute approximate surface area is 156 Å². The van der Waals surface area contributed by atoms with Crippen molar-refractivity contribution in [3.63, 3.8) is 0 Å². The molecule has 6 nitrogen and oxygen atoms in total. The van der Waals surface area contributed by atoms with Crippen molar-refractivity contribution in [2.75, 3.05) is 5.32 Å². The van der Waals surface area contributed by atoms with Crippen LogP contribution in [-0.4, -0.2) is 16.0 Å². The minimum Gasteiger partial charge on any atom is -0.456 e. The van der Waals surface area contributed by atoms with E-state index in [2.05, 4.69) is 20.6 Å². The molecule has 0 bridgehead atoms. The van der Waals surface area contributed by atoms with E-state index in [1.807, 2.05) is 55.6 Å². The van der Waals surface area contributed by atoms with E-state index in [0.29, 0.717) is 16.6 Å². The Balaban J connectivity index is 1.55. The second-order valence-corrected chi connectivity index (χ2v) is 6.54. The fourth-order valence-corrected chi connectivity index (χ4v) is 3.10. The van der Waals surface area contributed by atoms with Crippen LogP contribution in [0.1, 0.15) is 31.1 Å². The van der Waals surface area contributed by atoms with Crippen LogP contribution in [0, 0.1) is 0 Å². The van der Waals surface area contributed by atoms with Crippen LogP contribution in [-0.2, 0) is 6.42 Å². The molecular weight excluding hydrogens is 348 g/mol. The quantitative estimate of drug-likeness (QED) is 0.657. The molecule has 0 aliphatic carbocycles. The summed E-state index contributed by atoms with van der Waals surface area (Å²) in [5.41, 5.74) is 1.95. The standard InChI is InChI=1S/C19H20N4O2S/c1-3-15-12-26-19(22-15)23-18(24)21-13(2)14-6-8-16(9-7-14)25-17-5-4-10-20-11-17/h4-13H,3H2,1-2H3,(H2,21,22,23,24). The van der Waals surface area contributed by atoms with E-state index in [1.165, 1.54) is 11.3 Å². The number of hydrogen-bond acceptors (Lipinski definition) is 5. The maximum atomic E-state index is 12.1. The van der Waals surface area contributed by atoms with Gasteiger partial charge in [-0.15, -0.1) is 11.3 Å². The number of carbonyl (C=O) groups is 1. The van der Waals surface area contributed by atoms with Gasteiger partial charge in [-0.2, -0.15) is 0 Å². The molecule has 2 amide bonds. The number of aromatic nitrogens is 2. The highest BCUT2D eigenvalue weighted by atomic mass is 32.1. The highest BCUT2D eigenvalue weighted by Gasteiger charge is 2.11. The average Bonchev–Trinajstić information content (AvgIpc) is 3.10. The van der Waals surface area contributed by atoms with Crippen LogP contribution in [0.15, 0.2) is 54.2 Å². The fourth-order valence-electron chi connectivity index (χ4n) is 2.31. The molecule has 2 heterocycles. The lowest BCUT2D eigenvalue weighted by molar-refractivity contribution is 0.249. The largest absolute Gasteiger partial charge is 0.456 e. The third-order valence-electron chi connectivity index (χ3n) is 3.73. The lowest BCUT2D eigenvalue weighted by Gasteiger charge is -2.15. The number of ether oxygens (including phenoxy) is 1. The summed E-state index contributed by atoms with van der Waals surface area (Å²) in [6.07, 6.45) is 4.21. The number of nitrogens with zero attached hydrogens (tertiary/aromatic N) is 2. The van der Waals surface area contributed by atoms with Crippen molar-refractivity contribution in [2.24, 2.45) is 0 Å². The molecule has 0 aliphatic heterocycles. The molecule has 0 fully saturated rings. The number of benzene rings is 1. The molecule has 0 saturated carbocycles. The number of amides is 2. The molecule has 1 aromatic carbocycles. The molecule has 134 valence electrons. The van der Waals surface area contributed by atoms with Crippen molar-refractivity contribution < 1.29 is 9.53 Å². The van der Waals surface area contributed by atoms with Crippen LogP contribution in [0.4, 0.5) is 9.93 Å². The second kappa shape index (κ2) is 8.44. The number of carbonyl (C=O) groups excluding carboxylic acids is 1. The molecule has 0 radical (unpaired) electrons. The van der Waals surface area contributed by atoms with Crippen molar-refractivity contribution in [2.45, 2.75) is 26.3 Å². The van der Waals surface area contributed by atoms with E-state index < -0.39 is 0 Å². The summed E-state index contributed by atoms with van der Waals surface area (Å²) in [4.78, 5) is 20.5. The summed E-state index contributed by atoms with van der Waals surface area (Å²) in [6, 6.07) is 10.8. The molecule has 3 rings (SSSR count). The molecule has 0 saturated heterocycles. The van der Waals surface area contributed by atoms with Crippen LogP contribution in [0.2, 0.25) is 0 Å². The minimum absolute atomic E-state index is 0.145. The first-order chi connectivity index (χ1) is 12.6. The fraction of sp³-hybridized carbons (Fsp3) is 0.211. The van der Waals surface area contributed by atoms with Gasteiger partial charge in [0, 0.05) is 11.6 Å². The zero-order valence-corrected chi connectivity index (χ0v) is 15.4. The maximum absolute atomic E-state index is 12.1. The van der Waals surface area contributed by atoms with E-state index in [1.54, 1.807) is 12.4 Å². The van der Waals surface area contributed by atoms with Crippen molar-refractivity contribution >= 4 is 22.5 Å². The number of thiazole rings is 1. The van der Waals surface area contributed by atoms with Gasteiger partial charge in [-0.1, -0.05) is 19.1 Å². The van der Waals surface area contributed by atoms with Crippen molar-refractivity contribution in [1.82, 2.24) is 15.3 Å². The third kappa shape index (κ3) is 4.80. The number of aryl methyl sites for hydroxylation is 1. The number of pyridine rings is 1. The molecule has 1 unspecified atom stereocenters. The number of urea groups is 1. The van der Waals surface area contributed by atoms with Gasteiger partial charge in [-0.25, -0.2) is 9.78 Å². The summed E-state index contributed by atoms with van der Waals surface area (Å²) in [6.45, 7) is 3.96. The maximum Gasteiger partial charge on any atom is 0.321 e. The van der Waals surface area contributed by atoms with Crippen LogP contribution in [0.3, 0.4) is 0 Å². The number of hydrogen-bond donors (Lipinski definition) is 2. The highest BCUT2D eigenvalue weighted by Crippen LogP contribution is 2.23. The highest BCUT2D eigenvalue weighted by molar-refractivity contribution is 7.13. The predicted octanol–water partition coefficient (Wildman–Crippen LogP) is 4.78. The van der Waals surface area contributed by atoms with Crippen LogP contribution < -0.4 is 15.4 Å². The SMILES string of the molecule is CCc1csc(NC(=O)NC(C)c2ccc(Oc3cccnc3)cc2)n1. The van der Waals surface area contributed by atoms with Crippen molar-refractivity contribution in [1.29, 1.82) is 0 Å². The topological polar surface area (TPSA) is 76.1 Å². The molecule has 2 aromatic heterocycles. The minimum atomic E-state index is -0.273. The van der Waals surface area contributed by atoms with Gasteiger partial charge in [0.25, 0.3) is 0 Å². The summed E-state index contributed by atoms with van der Waals surface area (Å²) >= 11 is 1.42. The zero-order chi connectivity index (χ0) is 18.4. The lowest BCUT2D eigenvalue weighted by atomic mass is 10.1. The molecule has 0 aliphatic rings. The smallest absolute Gasteiger partial charge is 0.321 e. The Hall–Kier alpha value is -2.93. The normalized spacial score (nSPS) is 11.6. The van der Waals surface area contributed by atoms with Gasteiger partial charge in [-0.05, 0) is 43.2 Å². The summed E-state index contributed by atoms with van der Waals surface area (Å²) < 4.78 is 5.72. The molecule has 7 heteroatoms. The summed E-state index contributed by atoms with van der Waals surface area (Å²) in [5, 5.41) is 8.22. The molecule has 0 spiro atoms. The molecular formula is C19H20N4O2S. The summed E-state index contributed by atoms with van der Waals surface area (Å²) in [5.74, 6) is 1.40. The van der Waals surface area contributed by atoms with E-state index >= 15 is 0 Å². The van der Waals surface area contributed by atoms with Crippen molar-refractivity contribution in [3.05, 3.63) is 65.4 Å². The van der Waals surface area contributed by atoms with Gasteiger partial charge in [0.1, 0.15) is 11.5 Å². The van der Waals surface area contributed by atoms with Gasteiger partial charge >= 0.3 is 6.03 Å². The zero-order valence-electron chi connectivity index (χ0n) is 14.6. The van der Waals surface area contributed by atoms with Gasteiger partial charge in [0.15, 0.2) is 5.13 Å². The Morgan fingerprint density at radius 1 is 1.23 bits per heavy atom. The Morgan fingerprint density at radius 2 is 2.04 bits per heavy atom. The Kier molecular flexibility index (Phi) is 5.80. The first-order valence-corrected chi connectivity index (χ1v) is 9.21. The monoisotopic (exact) mass is 368 g/mol. The van der Waals surface area contributed by atoms with Gasteiger partial charge < -0.3 is 10.1 Å². The van der Waals surface area contributed by atoms with Gasteiger partial charge in [0.2, 0.25) is 0 Å². The van der Waals surface area contributed by atoms with E-state index in [0.717, 1.165) is 17.7 Å². The molecule has 1 atom stereocenters. The first kappa shape index (κ1) is 17.9. The second-order valence-electron chi connectivity index (χ2n) is 5.68. The average molecular weight is 368 g/mol. The number of rotatable bonds is 6. The van der Waals surface area contributed by atoms with Crippen LogP contribution in [0.5, 0.6) is 11.5 Å². The van der Waals surface area contributed by atoms with Crippen LogP contribution >= 0.6 is 11.3 Å². The van der Waals surface area contributed by atoms with E-state index in [9.17, 15) is 4.79 Å². The van der Waals surface area contributed by atoms with Gasteiger partial charge in [0.05, 0.1) is 17.9 Å². The summed E-state index contributed by atoms with van der Waals surface area (Å²) in [7, 11) is 0. The molecule has 2 N–H and O–H groups in total. The van der Waals surface area contributed by atoms with E-state index in [4.69, 9.17) is 4.74 Å². The number of nitrogens with one attached hydrogen (secondary N) is 2. The van der Waals surface area contributed by atoms with Crippen LogP contribution in [0.25, 0.3) is 0 Å². The first-order valence-electron chi connectivity index (χ1n) is 8.34. The Bertz CT molecular complexity index is 849. The number of anilines is 1.